The third-order valence-electron chi connectivity index (χ3n) is 3.04. The van der Waals surface area contributed by atoms with Crippen LogP contribution in [0.15, 0.2) is 47.5 Å². The molecule has 0 spiro atoms. The number of hydrogen-bond donors (Lipinski definition) is 2. The van der Waals surface area contributed by atoms with E-state index in [0.717, 1.165) is 17.7 Å². The van der Waals surface area contributed by atoms with Crippen molar-refractivity contribution in [3.05, 3.63) is 53.6 Å². The first-order chi connectivity index (χ1) is 9.65. The Morgan fingerprint density at radius 3 is 2.75 bits per heavy atom. The number of benzene rings is 2. The number of aromatic hydroxyl groups is 1. The van der Waals surface area contributed by atoms with Crippen molar-refractivity contribution in [1.82, 2.24) is 0 Å². The molecule has 2 N–H and O–H groups in total. The number of phenolic OH excluding ortho intramolecular Hbond substituents is 1. The number of carbonyl (C=O) groups is 1. The van der Waals surface area contributed by atoms with Crippen LogP contribution in [0, 0.1) is 0 Å². The number of aryl methyl sites for hydroxylation is 1. The molecule has 0 aliphatic carbocycles. The van der Waals surface area contributed by atoms with Crippen LogP contribution in [0.2, 0.25) is 0 Å². The molecule has 0 saturated heterocycles. The zero-order valence-corrected chi connectivity index (χ0v) is 11.3. The summed E-state index contributed by atoms with van der Waals surface area (Å²) in [6, 6.07) is 12.0. The highest BCUT2D eigenvalue weighted by atomic mass is 16.3. The number of nitrogens with one attached hydrogen (secondary N) is 1. The quantitative estimate of drug-likeness (QED) is 0.833. The number of amides is 1. The van der Waals surface area contributed by atoms with Crippen LogP contribution in [0.4, 0.5) is 11.4 Å². The van der Waals surface area contributed by atoms with Gasteiger partial charge in [0.15, 0.2) is 0 Å². The van der Waals surface area contributed by atoms with Crippen molar-refractivity contribution in [3.63, 3.8) is 0 Å². The summed E-state index contributed by atoms with van der Waals surface area (Å²) in [6.07, 6.45) is 0.832. The van der Waals surface area contributed by atoms with E-state index < -0.39 is 0 Å². The minimum Gasteiger partial charge on any atom is -0.508 e. The second kappa shape index (κ2) is 6.02. The molecule has 1 amide bonds. The molecule has 0 unspecified atom stereocenters. The Bertz CT molecular complexity index is 651. The van der Waals surface area contributed by atoms with Gasteiger partial charge in [0.2, 0.25) is 0 Å². The molecule has 2 aromatic rings. The van der Waals surface area contributed by atoms with E-state index in [9.17, 15) is 9.90 Å². The first-order valence-corrected chi connectivity index (χ1v) is 6.34. The first kappa shape index (κ1) is 13.8. The molecule has 0 saturated carbocycles. The van der Waals surface area contributed by atoms with Gasteiger partial charge in [-0.2, -0.15) is 0 Å². The van der Waals surface area contributed by atoms with Crippen LogP contribution >= 0.6 is 0 Å². The predicted octanol–water partition coefficient (Wildman–Crippen LogP) is 3.54. The summed E-state index contributed by atoms with van der Waals surface area (Å²) in [6.45, 7) is 5.44. The highest BCUT2D eigenvalue weighted by Crippen LogP contribution is 2.25. The number of nitrogens with zero attached hydrogens (tertiary/aromatic N) is 1. The smallest absolute Gasteiger partial charge is 0.257 e. The Labute approximate surface area is 117 Å². The highest BCUT2D eigenvalue weighted by Gasteiger charge is 2.12. The lowest BCUT2D eigenvalue weighted by Gasteiger charge is -2.11. The first-order valence-electron chi connectivity index (χ1n) is 6.34. The van der Waals surface area contributed by atoms with Crippen molar-refractivity contribution >= 4 is 24.0 Å². The summed E-state index contributed by atoms with van der Waals surface area (Å²) in [5, 5.41) is 12.3. The summed E-state index contributed by atoms with van der Waals surface area (Å²) < 4.78 is 0. The number of para-hydroxylation sites is 1. The van der Waals surface area contributed by atoms with Gasteiger partial charge in [0.25, 0.3) is 5.91 Å². The van der Waals surface area contributed by atoms with Crippen molar-refractivity contribution < 1.29 is 9.90 Å². The topological polar surface area (TPSA) is 61.7 Å². The monoisotopic (exact) mass is 268 g/mol. The predicted molar refractivity (Wildman–Crippen MR) is 81.1 cm³/mol. The molecule has 102 valence electrons. The van der Waals surface area contributed by atoms with Crippen molar-refractivity contribution in [3.8, 4) is 5.75 Å². The third-order valence-corrected chi connectivity index (χ3v) is 3.04. The van der Waals surface area contributed by atoms with E-state index in [-0.39, 0.29) is 11.7 Å². The maximum atomic E-state index is 12.3. The second-order valence-electron chi connectivity index (χ2n) is 4.32. The number of carbonyl (C=O) groups excluding carboxylic acids is 1. The molecule has 0 atom stereocenters. The Morgan fingerprint density at radius 1 is 1.30 bits per heavy atom. The van der Waals surface area contributed by atoms with E-state index in [1.807, 2.05) is 31.2 Å². The van der Waals surface area contributed by atoms with Crippen LogP contribution in [0.25, 0.3) is 0 Å². The van der Waals surface area contributed by atoms with Crippen LogP contribution in [0.5, 0.6) is 5.75 Å². The SMILES string of the molecule is C=Nc1cc(O)ccc1C(=O)Nc1ccccc1CC. The minimum absolute atomic E-state index is 0.0536. The maximum absolute atomic E-state index is 12.3. The summed E-state index contributed by atoms with van der Waals surface area (Å²) >= 11 is 0. The van der Waals surface area contributed by atoms with Crippen LogP contribution < -0.4 is 5.32 Å². The van der Waals surface area contributed by atoms with Gasteiger partial charge >= 0.3 is 0 Å². The molecule has 0 heterocycles. The van der Waals surface area contributed by atoms with E-state index in [1.165, 1.54) is 18.2 Å². The molecule has 0 aliphatic heterocycles. The van der Waals surface area contributed by atoms with Gasteiger partial charge < -0.3 is 10.4 Å². The fourth-order valence-electron chi connectivity index (χ4n) is 1.98. The van der Waals surface area contributed by atoms with Gasteiger partial charge in [-0.15, -0.1) is 0 Å². The normalized spacial score (nSPS) is 10.1. The summed E-state index contributed by atoms with van der Waals surface area (Å²) in [7, 11) is 0. The fourth-order valence-corrected chi connectivity index (χ4v) is 1.98. The lowest BCUT2D eigenvalue weighted by atomic mass is 10.1. The number of phenols is 1. The van der Waals surface area contributed by atoms with Crippen molar-refractivity contribution in [2.45, 2.75) is 13.3 Å². The van der Waals surface area contributed by atoms with E-state index in [4.69, 9.17) is 0 Å². The number of rotatable bonds is 4. The number of aliphatic imine (C=N–C) groups is 1. The van der Waals surface area contributed by atoms with Gasteiger partial charge in [-0.05, 0) is 36.9 Å². The lowest BCUT2D eigenvalue weighted by Crippen LogP contribution is -2.13. The molecule has 0 radical (unpaired) electrons. The van der Waals surface area contributed by atoms with Crippen molar-refractivity contribution in [2.24, 2.45) is 4.99 Å². The van der Waals surface area contributed by atoms with Crippen LogP contribution in [-0.4, -0.2) is 17.7 Å². The van der Waals surface area contributed by atoms with Gasteiger partial charge in [-0.1, -0.05) is 25.1 Å². The van der Waals surface area contributed by atoms with E-state index in [2.05, 4.69) is 17.0 Å². The molecule has 2 aromatic carbocycles. The Kier molecular flexibility index (Phi) is 4.15. The Balaban J connectivity index is 2.31. The van der Waals surface area contributed by atoms with E-state index >= 15 is 0 Å². The number of anilines is 1. The van der Waals surface area contributed by atoms with Crippen LogP contribution in [0.1, 0.15) is 22.8 Å². The van der Waals surface area contributed by atoms with Crippen molar-refractivity contribution in [2.75, 3.05) is 5.32 Å². The molecule has 0 fully saturated rings. The third kappa shape index (κ3) is 2.85. The van der Waals surface area contributed by atoms with Gasteiger partial charge in [0, 0.05) is 11.8 Å². The van der Waals surface area contributed by atoms with Gasteiger partial charge in [-0.3, -0.25) is 9.79 Å². The molecule has 0 bridgehead atoms. The largest absolute Gasteiger partial charge is 0.508 e. The molecule has 0 aromatic heterocycles. The second-order valence-corrected chi connectivity index (χ2v) is 4.32. The van der Waals surface area contributed by atoms with Crippen molar-refractivity contribution in [1.29, 1.82) is 0 Å². The summed E-state index contributed by atoms with van der Waals surface area (Å²) in [5.74, 6) is -0.216. The fraction of sp³-hybridized carbons (Fsp3) is 0.125. The molecule has 4 heteroatoms. The zero-order valence-electron chi connectivity index (χ0n) is 11.3. The number of hydrogen-bond acceptors (Lipinski definition) is 3. The molecular formula is C16H16N2O2. The summed E-state index contributed by atoms with van der Waals surface area (Å²) in [5.41, 5.74) is 2.58. The van der Waals surface area contributed by atoms with Gasteiger partial charge in [-0.25, -0.2) is 0 Å². The Morgan fingerprint density at radius 2 is 2.05 bits per heavy atom. The van der Waals surface area contributed by atoms with Crippen LogP contribution in [0.3, 0.4) is 0 Å². The van der Waals surface area contributed by atoms with Gasteiger partial charge in [0.1, 0.15) is 5.75 Å². The highest BCUT2D eigenvalue weighted by molar-refractivity contribution is 6.08. The lowest BCUT2D eigenvalue weighted by molar-refractivity contribution is 0.102. The standard InChI is InChI=1S/C16H16N2O2/c1-3-11-6-4-5-7-14(11)18-16(20)13-9-8-12(19)10-15(13)17-2/h4-10,19H,2-3H2,1H3,(H,18,20). The summed E-state index contributed by atoms with van der Waals surface area (Å²) in [4.78, 5) is 16.1. The average Bonchev–Trinajstić information content (AvgIpc) is 2.47. The van der Waals surface area contributed by atoms with Crippen LogP contribution in [-0.2, 0) is 6.42 Å². The molecule has 20 heavy (non-hydrogen) atoms. The minimum atomic E-state index is -0.270. The molecule has 2 rings (SSSR count). The van der Waals surface area contributed by atoms with E-state index in [1.54, 1.807) is 0 Å². The maximum Gasteiger partial charge on any atom is 0.257 e. The molecule has 4 nitrogen and oxygen atoms in total. The average molecular weight is 268 g/mol. The zero-order chi connectivity index (χ0) is 14.5. The molecular weight excluding hydrogens is 252 g/mol. The molecule has 0 aliphatic rings. The Hall–Kier alpha value is -2.62. The van der Waals surface area contributed by atoms with E-state index in [0.29, 0.717) is 11.3 Å². The van der Waals surface area contributed by atoms with Gasteiger partial charge in [0.05, 0.1) is 11.3 Å².